The molecule has 0 heterocycles. The summed E-state index contributed by atoms with van der Waals surface area (Å²) in [5, 5.41) is 9.69. The van der Waals surface area contributed by atoms with Crippen molar-refractivity contribution in [2.45, 2.75) is 26.0 Å². The molecule has 0 aromatic heterocycles. The fourth-order valence-corrected chi connectivity index (χ4v) is 2.52. The molecular weight excluding hydrogens is 237 g/mol. The Morgan fingerprint density at radius 1 is 1.41 bits per heavy atom. The Morgan fingerprint density at radius 2 is 2.06 bits per heavy atom. The molecule has 4 heteroatoms. The van der Waals surface area contributed by atoms with E-state index in [1.807, 2.05) is 18.2 Å². The summed E-state index contributed by atoms with van der Waals surface area (Å²) in [6.07, 6.45) is 1.37. The van der Waals surface area contributed by atoms with Gasteiger partial charge in [-0.05, 0) is 26.2 Å². The van der Waals surface area contributed by atoms with Gasteiger partial charge in [0.15, 0.2) is 0 Å². The zero-order chi connectivity index (χ0) is 13.0. The van der Waals surface area contributed by atoms with Gasteiger partial charge in [0.05, 0.1) is 11.8 Å². The third kappa shape index (κ3) is 3.36. The van der Waals surface area contributed by atoms with E-state index in [-0.39, 0.29) is 11.9 Å². The Labute approximate surface area is 107 Å². The van der Waals surface area contributed by atoms with E-state index in [0.29, 0.717) is 11.3 Å². The van der Waals surface area contributed by atoms with Gasteiger partial charge in [-0.2, -0.15) is 11.8 Å². The van der Waals surface area contributed by atoms with Gasteiger partial charge in [-0.15, -0.1) is 0 Å². The van der Waals surface area contributed by atoms with Crippen LogP contribution in [0.1, 0.15) is 25.5 Å². The van der Waals surface area contributed by atoms with Crippen LogP contribution in [0.15, 0.2) is 18.2 Å². The van der Waals surface area contributed by atoms with Gasteiger partial charge in [0.2, 0.25) is 0 Å². The SMILES string of the molecule is CSCC(C)N(C)c1c(F)cccc1[C@@H](C)O. The third-order valence-electron chi connectivity index (χ3n) is 2.89. The summed E-state index contributed by atoms with van der Waals surface area (Å²) in [6.45, 7) is 3.71. The summed E-state index contributed by atoms with van der Waals surface area (Å²) in [4.78, 5) is 1.90. The van der Waals surface area contributed by atoms with Crippen LogP contribution in [0.3, 0.4) is 0 Å². The van der Waals surface area contributed by atoms with Crippen LogP contribution in [-0.4, -0.2) is 30.2 Å². The minimum atomic E-state index is -0.662. The Bertz CT molecular complexity index is 370. The molecule has 0 saturated heterocycles. The quantitative estimate of drug-likeness (QED) is 0.877. The first-order valence-electron chi connectivity index (χ1n) is 5.67. The molecule has 0 aliphatic heterocycles. The van der Waals surface area contributed by atoms with Gasteiger partial charge in [0, 0.05) is 24.4 Å². The normalized spacial score (nSPS) is 14.5. The lowest BCUT2D eigenvalue weighted by atomic mass is 10.1. The third-order valence-corrected chi connectivity index (χ3v) is 3.71. The molecule has 0 amide bonds. The van der Waals surface area contributed by atoms with E-state index in [2.05, 4.69) is 6.92 Å². The molecule has 1 unspecified atom stereocenters. The number of nitrogens with zero attached hydrogens (tertiary/aromatic N) is 1. The van der Waals surface area contributed by atoms with Gasteiger partial charge >= 0.3 is 0 Å². The molecule has 0 radical (unpaired) electrons. The molecule has 1 aromatic carbocycles. The van der Waals surface area contributed by atoms with Crippen LogP contribution in [0.5, 0.6) is 0 Å². The maximum absolute atomic E-state index is 13.9. The molecule has 0 aliphatic rings. The van der Waals surface area contributed by atoms with Crippen LogP contribution in [0.4, 0.5) is 10.1 Å². The summed E-state index contributed by atoms with van der Waals surface area (Å²) < 4.78 is 13.9. The number of halogens is 1. The average molecular weight is 257 g/mol. The highest BCUT2D eigenvalue weighted by Gasteiger charge is 2.19. The van der Waals surface area contributed by atoms with Gasteiger partial charge in [-0.3, -0.25) is 0 Å². The number of thioether (sulfide) groups is 1. The van der Waals surface area contributed by atoms with Crippen LogP contribution >= 0.6 is 11.8 Å². The second-order valence-electron chi connectivity index (χ2n) is 4.27. The Balaban J connectivity index is 3.10. The van der Waals surface area contributed by atoms with Gasteiger partial charge in [0.1, 0.15) is 5.82 Å². The van der Waals surface area contributed by atoms with Crippen LogP contribution in [-0.2, 0) is 0 Å². The Kier molecular flexibility index (Phi) is 5.28. The van der Waals surface area contributed by atoms with Crippen molar-refractivity contribution in [3.05, 3.63) is 29.6 Å². The molecular formula is C13H20FNOS. The van der Waals surface area contributed by atoms with Crippen LogP contribution in [0.2, 0.25) is 0 Å². The molecule has 0 bridgehead atoms. The van der Waals surface area contributed by atoms with E-state index >= 15 is 0 Å². The molecule has 17 heavy (non-hydrogen) atoms. The van der Waals surface area contributed by atoms with Crippen molar-refractivity contribution < 1.29 is 9.50 Å². The lowest BCUT2D eigenvalue weighted by Crippen LogP contribution is -2.32. The topological polar surface area (TPSA) is 23.5 Å². The van der Waals surface area contributed by atoms with E-state index in [1.165, 1.54) is 6.07 Å². The second kappa shape index (κ2) is 6.26. The number of hydrogen-bond donors (Lipinski definition) is 1. The van der Waals surface area contributed by atoms with Crippen molar-refractivity contribution in [3.63, 3.8) is 0 Å². The monoisotopic (exact) mass is 257 g/mol. The molecule has 1 aromatic rings. The summed E-state index contributed by atoms with van der Waals surface area (Å²) in [6, 6.07) is 5.06. The van der Waals surface area contributed by atoms with E-state index in [4.69, 9.17) is 0 Å². The highest BCUT2D eigenvalue weighted by Crippen LogP contribution is 2.30. The first-order valence-corrected chi connectivity index (χ1v) is 7.06. The number of hydrogen-bond acceptors (Lipinski definition) is 3. The molecule has 0 aliphatic carbocycles. The van der Waals surface area contributed by atoms with Crippen LogP contribution in [0, 0.1) is 5.82 Å². The zero-order valence-corrected chi connectivity index (χ0v) is 11.6. The molecule has 0 saturated carbocycles. The number of aliphatic hydroxyl groups excluding tert-OH is 1. The maximum atomic E-state index is 13.9. The maximum Gasteiger partial charge on any atom is 0.146 e. The van der Waals surface area contributed by atoms with Crippen LogP contribution in [0.25, 0.3) is 0 Å². The van der Waals surface area contributed by atoms with Gasteiger partial charge in [-0.1, -0.05) is 12.1 Å². The van der Waals surface area contributed by atoms with E-state index in [0.717, 1.165) is 5.75 Å². The lowest BCUT2D eigenvalue weighted by molar-refractivity contribution is 0.199. The predicted molar refractivity (Wildman–Crippen MR) is 73.3 cm³/mol. The Hall–Kier alpha value is -0.740. The second-order valence-corrected chi connectivity index (χ2v) is 5.18. The fourth-order valence-electron chi connectivity index (χ4n) is 1.81. The van der Waals surface area contributed by atoms with E-state index in [9.17, 15) is 9.50 Å². The van der Waals surface area contributed by atoms with Crippen molar-refractivity contribution in [2.24, 2.45) is 0 Å². The molecule has 0 fully saturated rings. The van der Waals surface area contributed by atoms with Crippen molar-refractivity contribution in [1.82, 2.24) is 0 Å². The molecule has 96 valence electrons. The zero-order valence-electron chi connectivity index (χ0n) is 10.8. The first-order chi connectivity index (χ1) is 7.99. The summed E-state index contributed by atoms with van der Waals surface area (Å²) in [5.41, 5.74) is 1.14. The van der Waals surface area contributed by atoms with Crippen LogP contribution < -0.4 is 4.90 Å². The smallest absolute Gasteiger partial charge is 0.146 e. The number of para-hydroxylation sites is 1. The van der Waals surface area contributed by atoms with Crippen molar-refractivity contribution in [1.29, 1.82) is 0 Å². The summed E-state index contributed by atoms with van der Waals surface area (Å²) in [7, 11) is 1.87. The fraction of sp³-hybridized carbons (Fsp3) is 0.538. The molecule has 1 rings (SSSR count). The lowest BCUT2D eigenvalue weighted by Gasteiger charge is -2.29. The van der Waals surface area contributed by atoms with Crippen molar-refractivity contribution >= 4 is 17.4 Å². The minimum Gasteiger partial charge on any atom is -0.389 e. The van der Waals surface area contributed by atoms with Gasteiger partial charge < -0.3 is 10.0 Å². The highest BCUT2D eigenvalue weighted by molar-refractivity contribution is 7.98. The number of rotatable bonds is 5. The van der Waals surface area contributed by atoms with Crippen molar-refractivity contribution in [2.75, 3.05) is 24.0 Å². The minimum absolute atomic E-state index is 0.222. The molecule has 0 spiro atoms. The van der Waals surface area contributed by atoms with Gasteiger partial charge in [0.25, 0.3) is 0 Å². The van der Waals surface area contributed by atoms with E-state index in [1.54, 1.807) is 30.8 Å². The van der Waals surface area contributed by atoms with Gasteiger partial charge in [-0.25, -0.2) is 4.39 Å². The largest absolute Gasteiger partial charge is 0.389 e. The van der Waals surface area contributed by atoms with Crippen molar-refractivity contribution in [3.8, 4) is 0 Å². The first kappa shape index (κ1) is 14.3. The van der Waals surface area contributed by atoms with E-state index < -0.39 is 6.10 Å². The summed E-state index contributed by atoms with van der Waals surface area (Å²) in [5.74, 6) is 0.642. The highest BCUT2D eigenvalue weighted by atomic mass is 32.2. The molecule has 2 atom stereocenters. The molecule has 2 nitrogen and oxygen atoms in total. The number of anilines is 1. The Morgan fingerprint density at radius 3 is 2.59 bits per heavy atom. The average Bonchev–Trinajstić information content (AvgIpc) is 2.28. The number of aliphatic hydroxyl groups is 1. The molecule has 1 N–H and O–H groups in total. The standard InChI is InChI=1S/C13H20FNOS/c1-9(8-17-4)15(3)13-11(10(2)16)6-5-7-12(13)14/h5-7,9-10,16H,8H2,1-4H3/t9?,10-/m1/s1. The number of benzene rings is 1. The predicted octanol–water partition coefficient (Wildman–Crippen LogP) is 3.07. The summed E-state index contributed by atoms with van der Waals surface area (Å²) >= 11 is 1.73.